The predicted octanol–water partition coefficient (Wildman–Crippen LogP) is 3.05. The highest BCUT2D eigenvalue weighted by atomic mass is 79.9. The average molecular weight is 290 g/mol. The van der Waals surface area contributed by atoms with Gasteiger partial charge in [-0.05, 0) is 46.0 Å². The van der Waals surface area contributed by atoms with E-state index in [1.54, 1.807) is 0 Å². The van der Waals surface area contributed by atoms with Crippen LogP contribution in [0.25, 0.3) is 0 Å². The fourth-order valence-electron chi connectivity index (χ4n) is 3.04. The molecule has 2 nitrogen and oxygen atoms in total. The van der Waals surface area contributed by atoms with Gasteiger partial charge in [-0.3, -0.25) is 4.90 Å². The Labute approximate surface area is 108 Å². The number of halogens is 1. The summed E-state index contributed by atoms with van der Waals surface area (Å²) in [7, 11) is 0. The predicted molar refractivity (Wildman–Crippen MR) is 71.1 cm³/mol. The molecule has 1 saturated heterocycles. The molecule has 16 heavy (non-hydrogen) atoms. The maximum Gasteiger partial charge on any atom is 0.0760 e. The molecule has 0 aromatic carbocycles. The Kier molecular flexibility index (Phi) is 3.18. The maximum absolute atomic E-state index is 6.11. The van der Waals surface area contributed by atoms with Gasteiger partial charge in [0.05, 0.1) is 11.2 Å². The molecule has 0 spiro atoms. The van der Waals surface area contributed by atoms with Crippen molar-refractivity contribution in [2.75, 3.05) is 25.0 Å². The highest BCUT2D eigenvalue weighted by Crippen LogP contribution is 2.48. The van der Waals surface area contributed by atoms with Crippen molar-refractivity contribution in [3.63, 3.8) is 0 Å². The fraction of sp³-hybridized carbons (Fsp3) is 1.00. The molecule has 0 radical (unpaired) electrons. The van der Waals surface area contributed by atoms with Crippen LogP contribution < -0.4 is 0 Å². The Morgan fingerprint density at radius 1 is 1.06 bits per heavy atom. The van der Waals surface area contributed by atoms with Crippen molar-refractivity contribution < 1.29 is 4.74 Å². The lowest BCUT2D eigenvalue weighted by Crippen LogP contribution is -2.58. The molecular formula is C13H24BrNO. The van der Waals surface area contributed by atoms with E-state index in [9.17, 15) is 0 Å². The van der Waals surface area contributed by atoms with Crippen molar-refractivity contribution in [3.8, 4) is 0 Å². The van der Waals surface area contributed by atoms with Crippen LogP contribution in [0.1, 0.15) is 40.5 Å². The summed E-state index contributed by atoms with van der Waals surface area (Å²) in [6.45, 7) is 12.2. The highest BCUT2D eigenvalue weighted by Gasteiger charge is 2.46. The zero-order chi connectivity index (χ0) is 12.0. The van der Waals surface area contributed by atoms with Gasteiger partial charge in [-0.15, -0.1) is 0 Å². The van der Waals surface area contributed by atoms with E-state index in [0.29, 0.717) is 5.41 Å². The zero-order valence-electron chi connectivity index (χ0n) is 11.0. The Bertz CT molecular complexity index is 255. The number of alkyl halides is 1. The maximum atomic E-state index is 6.11. The van der Waals surface area contributed by atoms with Gasteiger partial charge >= 0.3 is 0 Å². The first kappa shape index (κ1) is 12.8. The Morgan fingerprint density at radius 2 is 1.56 bits per heavy atom. The first-order valence-corrected chi connectivity index (χ1v) is 7.37. The van der Waals surface area contributed by atoms with Crippen LogP contribution >= 0.6 is 15.9 Å². The number of ether oxygens (including phenoxy) is 1. The summed E-state index contributed by atoms with van der Waals surface area (Å²) < 4.78 is 6.11. The van der Waals surface area contributed by atoms with Crippen LogP contribution in [-0.4, -0.2) is 41.1 Å². The first-order valence-electron chi connectivity index (χ1n) is 6.25. The van der Waals surface area contributed by atoms with Gasteiger partial charge in [0, 0.05) is 25.0 Å². The minimum absolute atomic E-state index is 0.00978. The van der Waals surface area contributed by atoms with E-state index in [2.05, 4.69) is 48.5 Å². The molecule has 0 amide bonds. The molecule has 1 heterocycles. The summed E-state index contributed by atoms with van der Waals surface area (Å²) in [5.74, 6) is 0. The molecule has 0 bridgehead atoms. The number of hydrogen-bond donors (Lipinski definition) is 0. The molecule has 1 aliphatic carbocycles. The van der Waals surface area contributed by atoms with Crippen LogP contribution in [0.4, 0.5) is 0 Å². The van der Waals surface area contributed by atoms with Gasteiger partial charge in [0.2, 0.25) is 0 Å². The van der Waals surface area contributed by atoms with E-state index in [1.807, 2.05) is 0 Å². The van der Waals surface area contributed by atoms with E-state index in [0.717, 1.165) is 18.4 Å². The summed E-state index contributed by atoms with van der Waals surface area (Å²) in [4.78, 5) is 2.60. The van der Waals surface area contributed by atoms with Crippen LogP contribution in [0, 0.1) is 5.41 Å². The second kappa shape index (κ2) is 3.96. The number of morpholine rings is 1. The molecule has 3 heteroatoms. The van der Waals surface area contributed by atoms with E-state index in [-0.39, 0.29) is 11.2 Å². The summed E-state index contributed by atoms with van der Waals surface area (Å²) in [5, 5.41) is 1.15. The molecule has 1 saturated carbocycles. The quantitative estimate of drug-likeness (QED) is 0.741. The molecule has 94 valence electrons. The molecule has 2 aliphatic rings. The van der Waals surface area contributed by atoms with E-state index >= 15 is 0 Å². The summed E-state index contributed by atoms with van der Waals surface area (Å²) >= 11 is 3.66. The molecule has 0 aromatic rings. The van der Waals surface area contributed by atoms with Crippen molar-refractivity contribution in [2.45, 2.75) is 51.7 Å². The summed E-state index contributed by atoms with van der Waals surface area (Å²) in [6.07, 6.45) is 2.77. The molecule has 1 aliphatic heterocycles. The first-order chi connectivity index (χ1) is 7.26. The van der Waals surface area contributed by atoms with Crippen molar-refractivity contribution in [1.29, 1.82) is 0 Å². The average Bonchev–Trinajstić information content (AvgIpc) is 2.79. The van der Waals surface area contributed by atoms with Gasteiger partial charge in [-0.1, -0.05) is 15.9 Å². The van der Waals surface area contributed by atoms with E-state index in [1.165, 1.54) is 19.4 Å². The van der Waals surface area contributed by atoms with Crippen molar-refractivity contribution in [1.82, 2.24) is 4.90 Å². The smallest absolute Gasteiger partial charge is 0.0760 e. The van der Waals surface area contributed by atoms with Gasteiger partial charge in [-0.25, -0.2) is 0 Å². The standard InChI is InChI=1S/C13H24BrNO/c1-11(2)8-15(9-12(3,4)16-11)10-13(7-14)5-6-13/h5-10H2,1-4H3. The zero-order valence-corrected chi connectivity index (χ0v) is 12.6. The Morgan fingerprint density at radius 3 is 1.94 bits per heavy atom. The second-order valence-corrected chi connectivity index (χ2v) is 7.46. The molecule has 0 unspecified atom stereocenters. The SMILES string of the molecule is CC1(C)CN(CC2(CBr)CC2)CC(C)(C)O1. The number of rotatable bonds is 3. The monoisotopic (exact) mass is 289 g/mol. The van der Waals surface area contributed by atoms with Gasteiger partial charge in [0.25, 0.3) is 0 Å². The molecule has 2 fully saturated rings. The Hall–Kier alpha value is 0.400. The van der Waals surface area contributed by atoms with Crippen LogP contribution in [-0.2, 0) is 4.74 Å². The van der Waals surface area contributed by atoms with Gasteiger partial charge in [0.1, 0.15) is 0 Å². The summed E-state index contributed by atoms with van der Waals surface area (Å²) in [5.41, 5.74) is 0.553. The van der Waals surface area contributed by atoms with Gasteiger partial charge < -0.3 is 4.74 Å². The van der Waals surface area contributed by atoms with Crippen molar-refractivity contribution in [2.24, 2.45) is 5.41 Å². The van der Waals surface area contributed by atoms with Crippen molar-refractivity contribution in [3.05, 3.63) is 0 Å². The second-order valence-electron chi connectivity index (χ2n) is 6.90. The highest BCUT2D eigenvalue weighted by molar-refractivity contribution is 9.09. The van der Waals surface area contributed by atoms with Crippen LogP contribution in [0.5, 0.6) is 0 Å². The van der Waals surface area contributed by atoms with Crippen LogP contribution in [0.2, 0.25) is 0 Å². The lowest BCUT2D eigenvalue weighted by Gasteiger charge is -2.48. The topological polar surface area (TPSA) is 12.5 Å². The molecule has 0 N–H and O–H groups in total. The third-order valence-electron chi connectivity index (χ3n) is 3.56. The lowest BCUT2D eigenvalue weighted by atomic mass is 9.97. The third-order valence-corrected chi connectivity index (χ3v) is 4.75. The molecule has 0 atom stereocenters. The minimum atomic E-state index is -0.00978. The third kappa shape index (κ3) is 2.99. The molecule has 0 aromatic heterocycles. The lowest BCUT2D eigenvalue weighted by molar-refractivity contribution is -0.182. The fourth-order valence-corrected chi connectivity index (χ4v) is 3.78. The molecular weight excluding hydrogens is 266 g/mol. The summed E-state index contributed by atoms with van der Waals surface area (Å²) in [6, 6.07) is 0. The van der Waals surface area contributed by atoms with Gasteiger partial charge in [0.15, 0.2) is 0 Å². The number of nitrogens with zero attached hydrogens (tertiary/aromatic N) is 1. The van der Waals surface area contributed by atoms with E-state index in [4.69, 9.17) is 4.74 Å². The van der Waals surface area contributed by atoms with Crippen molar-refractivity contribution >= 4 is 15.9 Å². The largest absolute Gasteiger partial charge is 0.367 e. The molecule has 2 rings (SSSR count). The minimum Gasteiger partial charge on any atom is -0.367 e. The normalized spacial score (nSPS) is 31.3. The van der Waals surface area contributed by atoms with Crippen LogP contribution in [0.3, 0.4) is 0 Å². The number of hydrogen-bond acceptors (Lipinski definition) is 2. The Balaban J connectivity index is 1.99. The van der Waals surface area contributed by atoms with E-state index < -0.39 is 0 Å². The van der Waals surface area contributed by atoms with Crippen LogP contribution in [0.15, 0.2) is 0 Å². The van der Waals surface area contributed by atoms with Gasteiger partial charge in [-0.2, -0.15) is 0 Å².